The molecule has 110 valence electrons. The van der Waals surface area contributed by atoms with E-state index in [2.05, 4.69) is 22.5 Å². The highest BCUT2D eigenvalue weighted by Gasteiger charge is 2.20. The van der Waals surface area contributed by atoms with Crippen molar-refractivity contribution in [3.63, 3.8) is 0 Å². The number of rotatable bonds is 3. The number of hydrogen-bond donors (Lipinski definition) is 1. The first kappa shape index (κ1) is 13.7. The summed E-state index contributed by atoms with van der Waals surface area (Å²) in [7, 11) is 0. The van der Waals surface area contributed by atoms with Crippen LogP contribution in [0, 0.1) is 0 Å². The fraction of sp³-hybridized carbons (Fsp3) is 0.375. The van der Waals surface area contributed by atoms with Gasteiger partial charge >= 0.3 is 0 Å². The van der Waals surface area contributed by atoms with Gasteiger partial charge in [0.05, 0.1) is 5.69 Å². The Labute approximate surface area is 124 Å². The Balaban J connectivity index is 1.64. The molecule has 2 aromatic rings. The lowest BCUT2D eigenvalue weighted by Crippen LogP contribution is -2.41. The van der Waals surface area contributed by atoms with Crippen molar-refractivity contribution in [1.82, 2.24) is 14.7 Å². The van der Waals surface area contributed by atoms with Gasteiger partial charge in [-0.05, 0) is 37.1 Å². The molecule has 5 heteroatoms. The molecule has 0 saturated carbocycles. The first-order valence-corrected chi connectivity index (χ1v) is 7.34. The zero-order valence-corrected chi connectivity index (χ0v) is 12.2. The third kappa shape index (κ3) is 3.24. The summed E-state index contributed by atoms with van der Waals surface area (Å²) >= 11 is 0. The summed E-state index contributed by atoms with van der Waals surface area (Å²) in [6.07, 6.45) is 5.69. The lowest BCUT2D eigenvalue weighted by Gasteiger charge is -2.32. The summed E-state index contributed by atoms with van der Waals surface area (Å²) in [6.45, 7) is 3.32. The van der Waals surface area contributed by atoms with Crippen molar-refractivity contribution in [1.29, 1.82) is 0 Å². The van der Waals surface area contributed by atoms with Crippen LogP contribution >= 0.6 is 0 Å². The normalized spacial score (nSPS) is 16.0. The predicted octanol–water partition coefficient (Wildman–Crippen LogP) is 2.30. The van der Waals surface area contributed by atoms with Gasteiger partial charge in [0.25, 0.3) is 0 Å². The van der Waals surface area contributed by atoms with Crippen molar-refractivity contribution < 1.29 is 4.79 Å². The monoisotopic (exact) mass is 284 g/mol. The highest BCUT2D eigenvalue weighted by atomic mass is 16.2. The Bertz CT molecular complexity index is 600. The number of anilines is 1. The zero-order valence-electron chi connectivity index (χ0n) is 12.2. The lowest BCUT2D eigenvalue weighted by molar-refractivity contribution is -0.129. The molecular weight excluding hydrogens is 264 g/mol. The molecule has 2 heterocycles. The van der Waals surface area contributed by atoms with Gasteiger partial charge in [0.2, 0.25) is 5.91 Å². The summed E-state index contributed by atoms with van der Waals surface area (Å²) in [5.41, 5.74) is 2.15. The number of piperidine rings is 1. The van der Waals surface area contributed by atoms with Gasteiger partial charge in [-0.2, -0.15) is 5.10 Å². The maximum absolute atomic E-state index is 11.3. The largest absolute Gasteiger partial charge is 0.382 e. The van der Waals surface area contributed by atoms with Gasteiger partial charge in [0.15, 0.2) is 0 Å². The summed E-state index contributed by atoms with van der Waals surface area (Å²) in [5, 5.41) is 7.81. The van der Waals surface area contributed by atoms with Crippen molar-refractivity contribution in [2.75, 3.05) is 18.4 Å². The number of hydrogen-bond acceptors (Lipinski definition) is 3. The number of likely N-dealkylation sites (tertiary alicyclic amines) is 1. The van der Waals surface area contributed by atoms with Gasteiger partial charge in [0.1, 0.15) is 0 Å². The highest BCUT2D eigenvalue weighted by Crippen LogP contribution is 2.19. The van der Waals surface area contributed by atoms with Crippen molar-refractivity contribution in [3.05, 3.63) is 42.7 Å². The fourth-order valence-electron chi connectivity index (χ4n) is 2.73. The van der Waals surface area contributed by atoms with E-state index in [-0.39, 0.29) is 5.91 Å². The van der Waals surface area contributed by atoms with Crippen molar-refractivity contribution in [2.45, 2.75) is 25.8 Å². The van der Waals surface area contributed by atoms with Gasteiger partial charge in [-0.1, -0.05) is 6.07 Å². The molecule has 0 radical (unpaired) electrons. The van der Waals surface area contributed by atoms with Crippen LogP contribution in [0.1, 0.15) is 19.8 Å². The van der Waals surface area contributed by atoms with Crippen LogP contribution in [0.2, 0.25) is 0 Å². The average Bonchev–Trinajstić information content (AvgIpc) is 3.02. The van der Waals surface area contributed by atoms with Crippen LogP contribution in [0.4, 0.5) is 5.69 Å². The summed E-state index contributed by atoms with van der Waals surface area (Å²) < 4.78 is 1.85. The van der Waals surface area contributed by atoms with Gasteiger partial charge < -0.3 is 10.2 Å². The number of carbonyl (C=O) groups excluding carboxylic acids is 1. The number of aromatic nitrogens is 2. The first-order chi connectivity index (χ1) is 10.2. The molecule has 1 aromatic heterocycles. The molecule has 1 amide bonds. The van der Waals surface area contributed by atoms with Crippen LogP contribution in [0.3, 0.4) is 0 Å². The molecule has 0 atom stereocenters. The Kier molecular flexibility index (Phi) is 3.90. The molecule has 1 N–H and O–H groups in total. The number of amides is 1. The summed E-state index contributed by atoms with van der Waals surface area (Å²) in [6, 6.07) is 10.6. The second-order valence-corrected chi connectivity index (χ2v) is 5.43. The van der Waals surface area contributed by atoms with E-state index in [0.29, 0.717) is 6.04 Å². The second-order valence-electron chi connectivity index (χ2n) is 5.43. The number of nitrogens with one attached hydrogen (secondary N) is 1. The van der Waals surface area contributed by atoms with Crippen LogP contribution in [0.5, 0.6) is 0 Å². The van der Waals surface area contributed by atoms with E-state index in [9.17, 15) is 4.79 Å². The van der Waals surface area contributed by atoms with Gasteiger partial charge in [-0.25, -0.2) is 4.68 Å². The smallest absolute Gasteiger partial charge is 0.219 e. The third-order valence-corrected chi connectivity index (χ3v) is 3.93. The topological polar surface area (TPSA) is 50.2 Å². The number of carbonyl (C=O) groups is 1. The Hall–Kier alpha value is -2.30. The minimum Gasteiger partial charge on any atom is -0.382 e. The molecule has 5 nitrogen and oxygen atoms in total. The molecule has 1 aliphatic heterocycles. The molecule has 0 spiro atoms. The minimum absolute atomic E-state index is 0.175. The first-order valence-electron chi connectivity index (χ1n) is 7.34. The van der Waals surface area contributed by atoms with E-state index in [1.54, 1.807) is 13.1 Å². The predicted molar refractivity (Wildman–Crippen MR) is 82.5 cm³/mol. The molecule has 1 aliphatic rings. The van der Waals surface area contributed by atoms with E-state index in [0.717, 1.165) is 37.3 Å². The molecule has 0 unspecified atom stereocenters. The van der Waals surface area contributed by atoms with E-state index in [1.807, 2.05) is 34.0 Å². The van der Waals surface area contributed by atoms with Crippen molar-refractivity contribution in [3.8, 4) is 5.69 Å². The average molecular weight is 284 g/mol. The number of benzene rings is 1. The molecule has 21 heavy (non-hydrogen) atoms. The second kappa shape index (κ2) is 5.99. The Morgan fingerprint density at radius 2 is 2.10 bits per heavy atom. The Morgan fingerprint density at radius 3 is 2.76 bits per heavy atom. The minimum atomic E-state index is 0.175. The summed E-state index contributed by atoms with van der Waals surface area (Å²) in [4.78, 5) is 13.3. The molecule has 1 aromatic carbocycles. The zero-order chi connectivity index (χ0) is 14.7. The molecule has 0 bridgehead atoms. The van der Waals surface area contributed by atoms with Crippen LogP contribution in [-0.2, 0) is 4.79 Å². The highest BCUT2D eigenvalue weighted by molar-refractivity contribution is 5.73. The summed E-state index contributed by atoms with van der Waals surface area (Å²) in [5.74, 6) is 0.175. The van der Waals surface area contributed by atoms with Crippen molar-refractivity contribution in [2.24, 2.45) is 0 Å². The third-order valence-electron chi connectivity index (χ3n) is 3.93. The SMILES string of the molecule is CC(=O)N1CCC(Nc2cccc(-n3cccn3)c2)CC1. The standard InChI is InChI=1S/C16H20N4O/c1-13(21)19-10-6-14(7-11-19)18-15-4-2-5-16(12-15)20-9-3-8-17-20/h2-5,8-9,12,14,18H,6-7,10-11H2,1H3. The van der Waals surface area contributed by atoms with Crippen LogP contribution < -0.4 is 5.32 Å². The number of nitrogens with zero attached hydrogens (tertiary/aromatic N) is 3. The van der Waals surface area contributed by atoms with E-state index in [1.165, 1.54) is 0 Å². The quantitative estimate of drug-likeness (QED) is 0.941. The van der Waals surface area contributed by atoms with E-state index < -0.39 is 0 Å². The van der Waals surface area contributed by atoms with Gasteiger partial charge in [0, 0.05) is 44.1 Å². The fourth-order valence-corrected chi connectivity index (χ4v) is 2.73. The molecule has 1 saturated heterocycles. The van der Waals surface area contributed by atoms with Gasteiger partial charge in [-0.15, -0.1) is 0 Å². The Morgan fingerprint density at radius 1 is 1.29 bits per heavy atom. The van der Waals surface area contributed by atoms with Crippen LogP contribution in [-0.4, -0.2) is 39.7 Å². The van der Waals surface area contributed by atoms with E-state index >= 15 is 0 Å². The molecule has 3 rings (SSSR count). The van der Waals surface area contributed by atoms with Gasteiger partial charge in [-0.3, -0.25) is 4.79 Å². The lowest BCUT2D eigenvalue weighted by atomic mass is 10.0. The molecule has 0 aliphatic carbocycles. The molecule has 1 fully saturated rings. The van der Waals surface area contributed by atoms with Crippen LogP contribution in [0.15, 0.2) is 42.7 Å². The van der Waals surface area contributed by atoms with Crippen molar-refractivity contribution >= 4 is 11.6 Å². The maximum atomic E-state index is 11.3. The molecular formula is C16H20N4O. The van der Waals surface area contributed by atoms with Crippen LogP contribution in [0.25, 0.3) is 5.69 Å². The van der Waals surface area contributed by atoms with E-state index in [4.69, 9.17) is 0 Å². The maximum Gasteiger partial charge on any atom is 0.219 e.